The average Bonchev–Trinajstić information content (AvgIpc) is 3.34. The summed E-state index contributed by atoms with van der Waals surface area (Å²) in [4.78, 5) is 7.44. The van der Waals surface area contributed by atoms with Crippen molar-refractivity contribution in [3.05, 3.63) is 47.5 Å². The molecule has 0 radical (unpaired) electrons. The molecule has 0 unspecified atom stereocenters. The van der Waals surface area contributed by atoms with Gasteiger partial charge in [0.05, 0.1) is 16.9 Å². The maximum Gasteiger partial charge on any atom is 0.328 e. The Morgan fingerprint density at radius 2 is 2.08 bits per heavy atom. The molecule has 3 heterocycles. The lowest BCUT2D eigenvalue weighted by atomic mass is 10.2. The van der Waals surface area contributed by atoms with Gasteiger partial charge in [-0.3, -0.25) is 4.99 Å². The number of benzene rings is 1. The Morgan fingerprint density at radius 3 is 2.73 bits per heavy atom. The fraction of sp³-hybridized carbons (Fsp3) is 0.188. The van der Waals surface area contributed by atoms with Gasteiger partial charge in [-0.05, 0) is 23.6 Å². The summed E-state index contributed by atoms with van der Waals surface area (Å²) < 4.78 is 53.2. The van der Waals surface area contributed by atoms with Crippen LogP contribution in [0.1, 0.15) is 5.69 Å². The van der Waals surface area contributed by atoms with Crippen molar-refractivity contribution in [1.29, 1.82) is 0 Å². The molecule has 136 valence electrons. The lowest BCUT2D eigenvalue weighted by Crippen LogP contribution is -2.35. The van der Waals surface area contributed by atoms with Crippen LogP contribution in [0.2, 0.25) is 0 Å². The molecule has 1 aliphatic heterocycles. The highest BCUT2D eigenvalue weighted by molar-refractivity contribution is 8.14. The molecule has 0 bridgehead atoms. The molecule has 5 nitrogen and oxygen atoms in total. The SMILES string of the molecule is O=S(=O)(c1cccs1)N(c1cccc2cc(C3=NCCS3)[nH]c12)C(F)F. The van der Waals surface area contributed by atoms with Gasteiger partial charge in [0.1, 0.15) is 9.25 Å². The van der Waals surface area contributed by atoms with Crippen LogP contribution in [0, 0.1) is 0 Å². The van der Waals surface area contributed by atoms with E-state index in [4.69, 9.17) is 0 Å². The molecule has 0 saturated heterocycles. The smallest absolute Gasteiger partial charge is 0.328 e. The fourth-order valence-corrected chi connectivity index (χ4v) is 6.02. The minimum absolute atomic E-state index is 0.0826. The molecule has 0 fully saturated rings. The van der Waals surface area contributed by atoms with Gasteiger partial charge in [0, 0.05) is 17.7 Å². The van der Waals surface area contributed by atoms with Crippen LogP contribution in [0.5, 0.6) is 0 Å². The van der Waals surface area contributed by atoms with E-state index >= 15 is 0 Å². The number of thiophene rings is 1. The highest BCUT2D eigenvalue weighted by atomic mass is 32.2. The number of hydrogen-bond donors (Lipinski definition) is 1. The van der Waals surface area contributed by atoms with Crippen LogP contribution >= 0.6 is 23.1 Å². The summed E-state index contributed by atoms with van der Waals surface area (Å²) in [7, 11) is -4.36. The number of anilines is 1. The van der Waals surface area contributed by atoms with Crippen molar-refractivity contribution in [2.75, 3.05) is 16.6 Å². The van der Waals surface area contributed by atoms with E-state index in [1.807, 2.05) is 0 Å². The molecular formula is C16H13F2N3O2S3. The van der Waals surface area contributed by atoms with Crippen LogP contribution in [0.15, 0.2) is 51.0 Å². The predicted octanol–water partition coefficient (Wildman–Crippen LogP) is 4.14. The van der Waals surface area contributed by atoms with Crippen molar-refractivity contribution in [2.24, 2.45) is 4.99 Å². The molecule has 4 rings (SSSR count). The fourth-order valence-electron chi connectivity index (χ4n) is 2.78. The zero-order valence-corrected chi connectivity index (χ0v) is 15.7. The Bertz CT molecular complexity index is 1080. The molecule has 1 N–H and O–H groups in total. The first kappa shape index (κ1) is 17.5. The van der Waals surface area contributed by atoms with Crippen LogP contribution in [-0.4, -0.2) is 37.3 Å². The zero-order chi connectivity index (χ0) is 18.3. The average molecular weight is 413 g/mol. The number of fused-ring (bicyclic) bond motifs is 1. The van der Waals surface area contributed by atoms with E-state index in [-0.39, 0.29) is 14.2 Å². The molecule has 0 aliphatic carbocycles. The second kappa shape index (κ2) is 6.67. The van der Waals surface area contributed by atoms with E-state index in [0.717, 1.165) is 22.1 Å². The number of aromatic amines is 1. The third-order valence-electron chi connectivity index (χ3n) is 3.87. The van der Waals surface area contributed by atoms with Gasteiger partial charge in [-0.25, -0.2) is 12.7 Å². The molecule has 3 aromatic rings. The van der Waals surface area contributed by atoms with E-state index in [1.165, 1.54) is 18.2 Å². The number of H-pyrrole nitrogens is 1. The summed E-state index contributed by atoms with van der Waals surface area (Å²) in [5, 5.41) is 3.00. The molecule has 2 aromatic heterocycles. The van der Waals surface area contributed by atoms with E-state index in [1.54, 1.807) is 35.3 Å². The van der Waals surface area contributed by atoms with Crippen LogP contribution in [0.3, 0.4) is 0 Å². The van der Waals surface area contributed by atoms with Crippen molar-refractivity contribution in [1.82, 2.24) is 4.98 Å². The summed E-state index contributed by atoms with van der Waals surface area (Å²) in [5.74, 6) is 0.869. The normalized spacial score (nSPS) is 15.0. The number of aromatic nitrogens is 1. The maximum atomic E-state index is 13.8. The number of alkyl halides is 2. The van der Waals surface area contributed by atoms with E-state index < -0.39 is 16.6 Å². The van der Waals surface area contributed by atoms with Gasteiger partial charge in [-0.1, -0.05) is 18.2 Å². The Labute approximate surface area is 156 Å². The maximum absolute atomic E-state index is 13.8. The number of para-hydroxylation sites is 1. The molecule has 1 aliphatic rings. The molecule has 26 heavy (non-hydrogen) atoms. The Morgan fingerprint density at radius 1 is 1.23 bits per heavy atom. The lowest BCUT2D eigenvalue weighted by Gasteiger charge is -2.23. The van der Waals surface area contributed by atoms with Crippen molar-refractivity contribution >= 4 is 54.8 Å². The number of nitrogens with zero attached hydrogens (tertiary/aromatic N) is 2. The summed E-state index contributed by atoms with van der Waals surface area (Å²) in [5.41, 5.74) is 0.969. The number of halogens is 2. The topological polar surface area (TPSA) is 65.5 Å². The first-order valence-electron chi connectivity index (χ1n) is 7.64. The van der Waals surface area contributed by atoms with Crippen LogP contribution in [0.25, 0.3) is 10.9 Å². The first-order chi connectivity index (χ1) is 12.5. The zero-order valence-electron chi connectivity index (χ0n) is 13.2. The van der Waals surface area contributed by atoms with E-state index in [0.29, 0.717) is 23.1 Å². The highest BCUT2D eigenvalue weighted by Gasteiger charge is 2.34. The van der Waals surface area contributed by atoms with Crippen LogP contribution in [-0.2, 0) is 10.0 Å². The predicted molar refractivity (Wildman–Crippen MR) is 102 cm³/mol. The number of sulfonamides is 1. The number of nitrogens with one attached hydrogen (secondary N) is 1. The van der Waals surface area contributed by atoms with Gasteiger partial charge in [0.25, 0.3) is 10.0 Å². The van der Waals surface area contributed by atoms with Crippen molar-refractivity contribution in [3.63, 3.8) is 0 Å². The van der Waals surface area contributed by atoms with Gasteiger partial charge in [-0.2, -0.15) is 8.78 Å². The summed E-state index contributed by atoms with van der Waals surface area (Å²) >= 11 is 2.48. The Balaban J connectivity index is 1.88. The summed E-state index contributed by atoms with van der Waals surface area (Å²) in [6.07, 6.45) is 0. The quantitative estimate of drug-likeness (QED) is 0.640. The van der Waals surface area contributed by atoms with Gasteiger partial charge in [-0.15, -0.1) is 23.1 Å². The van der Waals surface area contributed by atoms with Crippen LogP contribution in [0.4, 0.5) is 14.5 Å². The Kier molecular flexibility index (Phi) is 4.49. The molecular weight excluding hydrogens is 400 g/mol. The number of hydrogen-bond acceptors (Lipinski definition) is 5. The molecule has 0 spiro atoms. The monoisotopic (exact) mass is 413 g/mol. The third-order valence-corrected chi connectivity index (χ3v) is 7.98. The molecule has 0 amide bonds. The van der Waals surface area contributed by atoms with Crippen LogP contribution < -0.4 is 4.31 Å². The third kappa shape index (κ3) is 2.91. The summed E-state index contributed by atoms with van der Waals surface area (Å²) in [6.45, 7) is -2.50. The second-order valence-corrected chi connectivity index (χ2v) is 9.54. The van der Waals surface area contributed by atoms with Gasteiger partial charge in [0.2, 0.25) is 0 Å². The van der Waals surface area contributed by atoms with Crippen molar-refractivity contribution < 1.29 is 17.2 Å². The molecule has 0 saturated carbocycles. The minimum Gasteiger partial charge on any atom is -0.351 e. The Hall–Kier alpha value is -1.91. The molecule has 10 heteroatoms. The minimum atomic E-state index is -4.36. The summed E-state index contributed by atoms with van der Waals surface area (Å²) in [6, 6.07) is 9.34. The van der Waals surface area contributed by atoms with Gasteiger partial charge in [0.15, 0.2) is 0 Å². The van der Waals surface area contributed by atoms with E-state index in [2.05, 4.69) is 9.98 Å². The number of rotatable bonds is 5. The van der Waals surface area contributed by atoms with E-state index in [9.17, 15) is 17.2 Å². The van der Waals surface area contributed by atoms with Gasteiger partial charge < -0.3 is 4.98 Å². The number of aliphatic imine (C=N–C) groups is 1. The van der Waals surface area contributed by atoms with Crippen molar-refractivity contribution in [3.8, 4) is 0 Å². The van der Waals surface area contributed by atoms with Gasteiger partial charge >= 0.3 is 6.55 Å². The highest BCUT2D eigenvalue weighted by Crippen LogP contribution is 2.35. The second-order valence-electron chi connectivity index (χ2n) is 5.47. The standard InChI is InChI=1S/C16H13F2N3O2S3/c17-16(18)21(26(22,23)13-5-2-7-24-13)12-4-1-3-10-9-11(20-14(10)12)15-19-6-8-25-15/h1-5,7,9,16,20H,6,8H2. The lowest BCUT2D eigenvalue weighted by molar-refractivity contribution is 0.162. The first-order valence-corrected chi connectivity index (χ1v) is 10.9. The number of thioether (sulfide) groups is 1. The molecule has 0 atom stereocenters. The van der Waals surface area contributed by atoms with Crippen molar-refractivity contribution in [2.45, 2.75) is 10.8 Å². The molecule has 1 aromatic carbocycles. The largest absolute Gasteiger partial charge is 0.351 e.